The van der Waals surface area contributed by atoms with Gasteiger partial charge in [0.1, 0.15) is 6.73 Å². The van der Waals surface area contributed by atoms with Crippen molar-refractivity contribution in [2.24, 2.45) is 0 Å². The Morgan fingerprint density at radius 1 is 1.09 bits per heavy atom. The first-order chi connectivity index (χ1) is 15.7. The highest BCUT2D eigenvalue weighted by Crippen LogP contribution is 2.24. The summed E-state index contributed by atoms with van der Waals surface area (Å²) in [5, 5.41) is 0. The number of hydrogen-bond acceptors (Lipinski definition) is 5. The molecule has 1 aromatic heterocycles. The van der Waals surface area contributed by atoms with Crippen LogP contribution in [0.15, 0.2) is 51.7 Å². The van der Waals surface area contributed by atoms with Crippen LogP contribution in [-0.2, 0) is 31.0 Å². The van der Waals surface area contributed by atoms with Crippen LogP contribution in [0.1, 0.15) is 16.7 Å². The minimum Gasteiger partial charge on any atom is -0.408 e. The Labute approximate surface area is 197 Å². The second-order valence-corrected chi connectivity index (χ2v) is 16.3. The summed E-state index contributed by atoms with van der Waals surface area (Å²) in [6.45, 7) is 10.9. The molecule has 178 valence electrons. The lowest BCUT2D eigenvalue weighted by Gasteiger charge is -2.29. The van der Waals surface area contributed by atoms with Crippen LogP contribution in [0.2, 0.25) is 25.7 Å². The second-order valence-electron chi connectivity index (χ2n) is 10.7. The number of aromatic nitrogens is 1. The molecule has 0 N–H and O–H groups in total. The second kappa shape index (κ2) is 9.97. The van der Waals surface area contributed by atoms with E-state index in [4.69, 9.17) is 9.15 Å². The predicted molar refractivity (Wildman–Crippen MR) is 136 cm³/mol. The van der Waals surface area contributed by atoms with Gasteiger partial charge in [-0.25, -0.2) is 9.36 Å². The monoisotopic (exact) mass is 467 g/mol. The number of fused-ring (bicyclic) bond motifs is 2. The molecule has 0 amide bonds. The average molecular weight is 468 g/mol. The van der Waals surface area contributed by atoms with Gasteiger partial charge in [0.15, 0.2) is 5.58 Å². The first-order valence-electron chi connectivity index (χ1n) is 11.9. The van der Waals surface area contributed by atoms with Crippen LogP contribution in [0.4, 0.5) is 0 Å². The quantitative estimate of drug-likeness (QED) is 0.327. The summed E-state index contributed by atoms with van der Waals surface area (Å²) in [4.78, 5) is 17.2. The fraction of sp³-hybridized carbons (Fsp3) is 0.500. The SMILES string of the molecule is CN(C)C(Cc1ccc2c(c1)oc(=O)n2COCC[Si](C)(C)C)CN1Cc2ccccc2C1. The van der Waals surface area contributed by atoms with Gasteiger partial charge < -0.3 is 14.1 Å². The molecular formula is C26H37N3O3Si. The molecule has 0 spiro atoms. The molecule has 1 atom stereocenters. The van der Waals surface area contributed by atoms with Gasteiger partial charge in [0.25, 0.3) is 0 Å². The van der Waals surface area contributed by atoms with E-state index in [9.17, 15) is 4.79 Å². The summed E-state index contributed by atoms with van der Waals surface area (Å²) in [6.07, 6.45) is 0.900. The highest BCUT2D eigenvalue weighted by atomic mass is 28.3. The normalized spacial score (nSPS) is 15.5. The maximum atomic E-state index is 12.4. The molecular weight excluding hydrogens is 430 g/mol. The van der Waals surface area contributed by atoms with Crippen molar-refractivity contribution in [1.29, 1.82) is 0 Å². The number of benzene rings is 2. The summed E-state index contributed by atoms with van der Waals surface area (Å²) in [7, 11) is 3.12. The molecule has 2 aromatic carbocycles. The van der Waals surface area contributed by atoms with Crippen LogP contribution in [0.25, 0.3) is 11.1 Å². The van der Waals surface area contributed by atoms with Crippen molar-refractivity contribution in [3.8, 4) is 0 Å². The molecule has 1 aliphatic rings. The van der Waals surface area contributed by atoms with Gasteiger partial charge in [-0.15, -0.1) is 0 Å². The molecule has 6 nitrogen and oxygen atoms in total. The largest absolute Gasteiger partial charge is 0.421 e. The van der Waals surface area contributed by atoms with Crippen LogP contribution in [0.5, 0.6) is 0 Å². The topological polar surface area (TPSA) is 50.9 Å². The van der Waals surface area contributed by atoms with Gasteiger partial charge in [-0.2, -0.15) is 0 Å². The third-order valence-electron chi connectivity index (χ3n) is 6.53. The summed E-state index contributed by atoms with van der Waals surface area (Å²) in [6, 6.07) is 16.3. The van der Waals surface area contributed by atoms with Crippen LogP contribution < -0.4 is 5.76 Å². The van der Waals surface area contributed by atoms with E-state index in [0.717, 1.165) is 37.6 Å². The molecule has 4 rings (SSSR count). The molecule has 0 fully saturated rings. The number of rotatable bonds is 10. The number of likely N-dealkylation sites (N-methyl/N-ethyl adjacent to an activating group) is 1. The van der Waals surface area contributed by atoms with Crippen LogP contribution in [0.3, 0.4) is 0 Å². The van der Waals surface area contributed by atoms with Gasteiger partial charge in [0.05, 0.1) is 5.52 Å². The van der Waals surface area contributed by atoms with E-state index >= 15 is 0 Å². The predicted octanol–water partition coefficient (Wildman–Crippen LogP) is 4.40. The van der Waals surface area contributed by atoms with E-state index in [1.54, 1.807) is 4.57 Å². The third-order valence-corrected chi connectivity index (χ3v) is 8.23. The van der Waals surface area contributed by atoms with E-state index in [0.29, 0.717) is 18.2 Å². The maximum absolute atomic E-state index is 12.4. The number of hydrogen-bond donors (Lipinski definition) is 0. The van der Waals surface area contributed by atoms with Gasteiger partial charge in [-0.3, -0.25) is 4.90 Å². The summed E-state index contributed by atoms with van der Waals surface area (Å²) in [5.74, 6) is -0.353. The maximum Gasteiger partial charge on any atom is 0.421 e. The summed E-state index contributed by atoms with van der Waals surface area (Å²) in [5.41, 5.74) is 5.49. The molecule has 1 unspecified atom stereocenters. The van der Waals surface area contributed by atoms with Crippen LogP contribution >= 0.6 is 0 Å². The Morgan fingerprint density at radius 2 is 1.79 bits per heavy atom. The van der Waals surface area contributed by atoms with Crippen LogP contribution in [0, 0.1) is 0 Å². The Balaban J connectivity index is 1.41. The van der Waals surface area contributed by atoms with E-state index in [1.165, 1.54) is 16.7 Å². The first-order valence-corrected chi connectivity index (χ1v) is 15.6. The van der Waals surface area contributed by atoms with Gasteiger partial charge in [0.2, 0.25) is 0 Å². The standard InChI is InChI=1S/C26H37N3O3Si/c1-27(2)23(18-28-16-21-8-6-7-9-22(21)17-28)14-20-10-11-24-25(15-20)32-26(30)29(24)19-31-12-13-33(3,4)5/h6-11,15,23H,12-14,16-19H2,1-5H3. The lowest BCUT2D eigenvalue weighted by Crippen LogP contribution is -2.40. The molecule has 3 aromatic rings. The van der Waals surface area contributed by atoms with Crippen molar-refractivity contribution in [3.63, 3.8) is 0 Å². The fourth-order valence-corrected chi connectivity index (χ4v) is 5.16. The van der Waals surface area contributed by atoms with Crippen molar-refractivity contribution >= 4 is 19.2 Å². The molecule has 2 heterocycles. The summed E-state index contributed by atoms with van der Waals surface area (Å²) >= 11 is 0. The van der Waals surface area contributed by atoms with Crippen molar-refractivity contribution in [3.05, 3.63) is 69.7 Å². The Kier molecular flexibility index (Phi) is 7.24. The van der Waals surface area contributed by atoms with Crippen LogP contribution in [-0.4, -0.2) is 55.7 Å². The molecule has 0 saturated carbocycles. The molecule has 0 saturated heterocycles. The molecule has 0 aliphatic carbocycles. The van der Waals surface area contributed by atoms with Gasteiger partial charge in [-0.1, -0.05) is 50.0 Å². The number of nitrogens with zero attached hydrogens (tertiary/aromatic N) is 3. The lowest BCUT2D eigenvalue weighted by atomic mass is 10.0. The molecule has 7 heteroatoms. The minimum absolute atomic E-state index is 0.242. The number of ether oxygens (including phenoxy) is 1. The fourth-order valence-electron chi connectivity index (χ4n) is 4.41. The van der Waals surface area contributed by atoms with Gasteiger partial charge >= 0.3 is 5.76 Å². The van der Waals surface area contributed by atoms with E-state index in [1.807, 2.05) is 12.1 Å². The van der Waals surface area contributed by atoms with Crippen molar-refractivity contribution in [2.45, 2.75) is 58.0 Å². The molecule has 33 heavy (non-hydrogen) atoms. The zero-order valence-corrected chi connectivity index (χ0v) is 21.6. The Bertz CT molecular complexity index is 1120. The third kappa shape index (κ3) is 6.03. The average Bonchev–Trinajstić information content (AvgIpc) is 3.29. The highest BCUT2D eigenvalue weighted by Gasteiger charge is 2.23. The van der Waals surface area contributed by atoms with Crippen molar-refractivity contribution in [1.82, 2.24) is 14.4 Å². The van der Waals surface area contributed by atoms with E-state index in [-0.39, 0.29) is 12.5 Å². The van der Waals surface area contributed by atoms with Crippen molar-refractivity contribution in [2.75, 3.05) is 27.2 Å². The zero-order chi connectivity index (χ0) is 23.6. The molecule has 0 bridgehead atoms. The Morgan fingerprint density at radius 3 is 2.42 bits per heavy atom. The lowest BCUT2D eigenvalue weighted by molar-refractivity contribution is 0.0850. The first kappa shape index (κ1) is 23.9. The molecule has 1 aliphatic heterocycles. The smallest absolute Gasteiger partial charge is 0.408 e. The molecule has 0 radical (unpaired) electrons. The van der Waals surface area contributed by atoms with Crippen molar-refractivity contribution < 1.29 is 9.15 Å². The zero-order valence-electron chi connectivity index (χ0n) is 20.6. The van der Waals surface area contributed by atoms with Gasteiger partial charge in [-0.05, 0) is 55.4 Å². The minimum atomic E-state index is -1.15. The number of oxazole rings is 1. The van der Waals surface area contributed by atoms with E-state index in [2.05, 4.69) is 73.9 Å². The summed E-state index contributed by atoms with van der Waals surface area (Å²) < 4.78 is 13.0. The highest BCUT2D eigenvalue weighted by molar-refractivity contribution is 6.76. The van der Waals surface area contributed by atoms with E-state index < -0.39 is 8.07 Å². The van der Waals surface area contributed by atoms with Gasteiger partial charge in [0, 0.05) is 40.4 Å². The Hall–Kier alpha value is -2.19.